The Labute approximate surface area is 210 Å². The molecule has 0 aromatic heterocycles. The summed E-state index contributed by atoms with van der Waals surface area (Å²) in [6.45, 7) is 1.64. The van der Waals surface area contributed by atoms with Crippen molar-refractivity contribution in [2.45, 2.75) is 44.7 Å². The molecule has 2 aromatic rings. The normalized spacial score (nSPS) is 16.3. The van der Waals surface area contributed by atoms with Crippen molar-refractivity contribution >= 4 is 39.9 Å². The number of hydrogen-bond acceptors (Lipinski definition) is 6. The Morgan fingerprint density at radius 1 is 1.08 bits per heavy atom. The van der Waals surface area contributed by atoms with E-state index in [1.165, 1.54) is 18.2 Å². The number of fused-ring (bicyclic) bond motifs is 1. The van der Waals surface area contributed by atoms with Crippen LogP contribution >= 0.6 is 0 Å². The van der Waals surface area contributed by atoms with E-state index >= 15 is 0 Å². The molecule has 2 N–H and O–H groups in total. The van der Waals surface area contributed by atoms with Crippen LogP contribution in [0.5, 0.6) is 11.5 Å². The van der Waals surface area contributed by atoms with Crippen molar-refractivity contribution in [3.8, 4) is 11.5 Å². The number of nitrogens with zero attached hydrogens (tertiary/aromatic N) is 1. The largest absolute Gasteiger partial charge is 0.454 e. The lowest BCUT2D eigenvalue weighted by molar-refractivity contribution is -0.125. The number of nitrogens with one attached hydrogen (secondary N) is 2. The van der Waals surface area contributed by atoms with Gasteiger partial charge < -0.3 is 20.1 Å². The second-order valence-electron chi connectivity index (χ2n) is 8.75. The fourth-order valence-electron chi connectivity index (χ4n) is 4.29. The van der Waals surface area contributed by atoms with E-state index in [0.29, 0.717) is 17.2 Å². The lowest BCUT2D eigenvalue weighted by Crippen LogP contribution is -2.51. The summed E-state index contributed by atoms with van der Waals surface area (Å²) in [5.74, 6) is -2.03. The van der Waals surface area contributed by atoms with Crippen LogP contribution in [0, 0.1) is 5.82 Å². The molecule has 0 spiro atoms. The van der Waals surface area contributed by atoms with E-state index in [2.05, 4.69) is 10.6 Å². The monoisotopic (exact) mass is 517 g/mol. The second kappa shape index (κ2) is 11.5. The maximum atomic E-state index is 13.9. The highest BCUT2D eigenvalue weighted by molar-refractivity contribution is 7.86. The number of hydrogen-bond donors (Lipinski definition) is 2. The van der Waals surface area contributed by atoms with Crippen molar-refractivity contribution in [2.75, 3.05) is 28.5 Å². The summed E-state index contributed by atoms with van der Waals surface area (Å²) in [6.07, 6.45) is 3.79. The summed E-state index contributed by atoms with van der Waals surface area (Å²) in [5, 5.41) is 5.56. The van der Waals surface area contributed by atoms with Crippen LogP contribution in [0.1, 0.15) is 32.6 Å². The smallest absolute Gasteiger partial charge is 0.243 e. The molecule has 0 radical (unpaired) electrons. The van der Waals surface area contributed by atoms with Crippen molar-refractivity contribution in [3.05, 3.63) is 48.3 Å². The van der Waals surface area contributed by atoms with E-state index in [9.17, 15) is 23.0 Å². The fraction of sp³-hybridized carbons (Fsp3) is 0.400. The zero-order valence-electron chi connectivity index (χ0n) is 19.8. The van der Waals surface area contributed by atoms with Gasteiger partial charge in [0, 0.05) is 34.3 Å². The highest BCUT2D eigenvalue weighted by atomic mass is 32.2. The molecule has 36 heavy (non-hydrogen) atoms. The van der Waals surface area contributed by atoms with E-state index in [0.717, 1.165) is 36.6 Å². The Morgan fingerprint density at radius 3 is 2.58 bits per heavy atom. The van der Waals surface area contributed by atoms with Crippen molar-refractivity contribution < 1.29 is 32.5 Å². The van der Waals surface area contributed by atoms with Crippen LogP contribution in [0.2, 0.25) is 0 Å². The first kappa shape index (κ1) is 25.6. The highest BCUT2D eigenvalue weighted by Gasteiger charge is 2.31. The molecule has 1 fully saturated rings. The zero-order valence-corrected chi connectivity index (χ0v) is 20.6. The minimum absolute atomic E-state index is 0.0402. The van der Waals surface area contributed by atoms with Crippen LogP contribution in [0.4, 0.5) is 15.8 Å². The van der Waals surface area contributed by atoms with Gasteiger partial charge in [0.25, 0.3) is 0 Å². The maximum Gasteiger partial charge on any atom is 0.243 e. The first-order valence-corrected chi connectivity index (χ1v) is 13.2. The number of amides is 3. The van der Waals surface area contributed by atoms with Gasteiger partial charge in [0.15, 0.2) is 11.5 Å². The summed E-state index contributed by atoms with van der Waals surface area (Å²) in [7, 11) is -1.87. The SMILES string of the molecule is C[C@@H](C(=O)NC1CCCC1)N(C(=O)C[S@](=O)CC(=O)Nc1ccc2c(c1)OCO2)c1cccc(F)c1. The third kappa shape index (κ3) is 6.39. The molecule has 2 aliphatic rings. The first-order chi connectivity index (χ1) is 17.3. The molecule has 192 valence electrons. The topological polar surface area (TPSA) is 114 Å². The molecular formula is C25H28FN3O6S. The van der Waals surface area contributed by atoms with Crippen LogP contribution in [0.3, 0.4) is 0 Å². The summed E-state index contributed by atoms with van der Waals surface area (Å²) in [6, 6.07) is 9.25. The van der Waals surface area contributed by atoms with E-state index in [1.807, 2.05) is 0 Å². The Bertz CT molecular complexity index is 1170. The highest BCUT2D eigenvalue weighted by Crippen LogP contribution is 2.34. The van der Waals surface area contributed by atoms with Gasteiger partial charge in [0.05, 0.1) is 0 Å². The molecule has 2 aromatic carbocycles. The van der Waals surface area contributed by atoms with Gasteiger partial charge in [-0.15, -0.1) is 0 Å². The Hall–Kier alpha value is -3.47. The molecule has 0 bridgehead atoms. The quantitative estimate of drug-likeness (QED) is 0.529. The molecule has 1 saturated carbocycles. The van der Waals surface area contributed by atoms with Gasteiger partial charge in [0.1, 0.15) is 23.4 Å². The molecule has 0 saturated heterocycles. The molecule has 9 nitrogen and oxygen atoms in total. The summed E-state index contributed by atoms with van der Waals surface area (Å²) in [5.41, 5.74) is 0.613. The number of halogens is 1. The standard InChI is InChI=1S/C25H28FN3O6S/c1-16(25(32)28-18-6-2-3-7-18)29(20-8-4-5-17(26)11-20)24(31)14-36(33)13-23(30)27-19-9-10-21-22(12-19)35-15-34-21/h4-5,8-12,16,18H,2-3,6-7,13-15H2,1H3,(H,27,30)(H,28,32)/t16-,36+/m0/s1. The minimum Gasteiger partial charge on any atom is -0.454 e. The van der Waals surface area contributed by atoms with Gasteiger partial charge in [0.2, 0.25) is 24.5 Å². The number of anilines is 2. The molecule has 1 heterocycles. The minimum atomic E-state index is -1.87. The summed E-state index contributed by atoms with van der Waals surface area (Å²) < 4.78 is 37.1. The average molecular weight is 518 g/mol. The second-order valence-corrected chi connectivity index (χ2v) is 10.2. The van der Waals surface area contributed by atoms with Crippen molar-refractivity contribution in [3.63, 3.8) is 0 Å². The number of carbonyl (C=O) groups excluding carboxylic acids is 3. The lowest BCUT2D eigenvalue weighted by Gasteiger charge is -2.29. The first-order valence-electron chi connectivity index (χ1n) is 11.7. The lowest BCUT2D eigenvalue weighted by atomic mass is 10.1. The van der Waals surface area contributed by atoms with Gasteiger partial charge in [-0.1, -0.05) is 18.9 Å². The van der Waals surface area contributed by atoms with E-state index < -0.39 is 46.0 Å². The van der Waals surface area contributed by atoms with E-state index in [-0.39, 0.29) is 24.4 Å². The Kier molecular flexibility index (Phi) is 8.19. The Morgan fingerprint density at radius 2 is 1.83 bits per heavy atom. The third-order valence-corrected chi connectivity index (χ3v) is 7.21. The maximum absolute atomic E-state index is 13.9. The molecule has 3 amide bonds. The molecule has 1 aliphatic heterocycles. The predicted molar refractivity (Wildman–Crippen MR) is 133 cm³/mol. The average Bonchev–Trinajstić information content (AvgIpc) is 3.50. The van der Waals surface area contributed by atoms with Gasteiger partial charge in [-0.25, -0.2) is 4.39 Å². The van der Waals surface area contributed by atoms with Gasteiger partial charge in [-0.3, -0.25) is 23.5 Å². The number of ether oxygens (including phenoxy) is 2. The molecular weight excluding hydrogens is 489 g/mol. The number of carbonyl (C=O) groups is 3. The van der Waals surface area contributed by atoms with Crippen molar-refractivity contribution in [1.82, 2.24) is 5.32 Å². The molecule has 0 unspecified atom stereocenters. The van der Waals surface area contributed by atoms with E-state index in [1.54, 1.807) is 25.1 Å². The van der Waals surface area contributed by atoms with Crippen LogP contribution in [0.25, 0.3) is 0 Å². The van der Waals surface area contributed by atoms with Crippen LogP contribution in [-0.4, -0.2) is 52.3 Å². The third-order valence-electron chi connectivity index (χ3n) is 6.06. The number of rotatable bonds is 9. The number of benzene rings is 2. The van der Waals surface area contributed by atoms with Gasteiger partial charge in [-0.2, -0.15) is 0 Å². The zero-order chi connectivity index (χ0) is 25.7. The van der Waals surface area contributed by atoms with Crippen molar-refractivity contribution in [1.29, 1.82) is 0 Å². The van der Waals surface area contributed by atoms with Crippen LogP contribution < -0.4 is 25.0 Å². The molecule has 4 rings (SSSR count). The predicted octanol–water partition coefficient (Wildman–Crippen LogP) is 2.72. The fourth-order valence-corrected chi connectivity index (χ4v) is 5.18. The summed E-state index contributed by atoms with van der Waals surface area (Å²) >= 11 is 0. The molecule has 11 heteroatoms. The van der Waals surface area contributed by atoms with Crippen LogP contribution in [0.15, 0.2) is 42.5 Å². The van der Waals surface area contributed by atoms with E-state index in [4.69, 9.17) is 9.47 Å². The van der Waals surface area contributed by atoms with Gasteiger partial charge in [-0.05, 0) is 50.1 Å². The summed E-state index contributed by atoms with van der Waals surface area (Å²) in [4.78, 5) is 39.6. The molecule has 1 aliphatic carbocycles. The molecule has 2 atom stereocenters. The van der Waals surface area contributed by atoms with Gasteiger partial charge >= 0.3 is 0 Å². The van der Waals surface area contributed by atoms with Crippen LogP contribution in [-0.2, 0) is 25.2 Å². The van der Waals surface area contributed by atoms with Crippen molar-refractivity contribution in [2.24, 2.45) is 0 Å². The Balaban J connectivity index is 1.40.